The molecule has 14 nitrogen and oxygen atoms in total. The van der Waals surface area contributed by atoms with E-state index in [0.717, 1.165) is 17.6 Å². The number of Topliss-reactive ketones (excluding diaryl/α,β-unsaturated/α-hetero) is 1. The van der Waals surface area contributed by atoms with Gasteiger partial charge in [-0.15, -0.1) is 0 Å². The SMILES string of the molecule is COC(=O)C(C)=C1C(=O)C(O)C2(C)C3=C(CC4C5(OC(=O)C6=C5CC5C(O)(COC(=O)C(C)=CCOC(=O)C(O)CC(=O)OC6)C6CC6C54C)C13)C1CC12. The van der Waals surface area contributed by atoms with E-state index in [9.17, 15) is 44.1 Å². The Hall–Kier alpha value is -4.14. The number of ether oxygens (including phenoxy) is 5. The fraction of sp³-hybridized carbons (Fsp3) is 0.650. The first-order chi connectivity index (χ1) is 25.5. The van der Waals surface area contributed by atoms with Crippen molar-refractivity contribution in [3.8, 4) is 0 Å². The Kier molecular flexibility index (Phi) is 7.39. The van der Waals surface area contributed by atoms with Gasteiger partial charge in [0.25, 0.3) is 0 Å². The highest BCUT2D eigenvalue weighted by atomic mass is 16.6. The number of allylic oxidation sites excluding steroid dienone is 1. The first-order valence-electron chi connectivity index (χ1n) is 18.7. The summed E-state index contributed by atoms with van der Waals surface area (Å²) in [5.41, 5.74) is -2.41. The first-order valence-corrected chi connectivity index (χ1v) is 18.7. The van der Waals surface area contributed by atoms with E-state index >= 15 is 0 Å². The van der Waals surface area contributed by atoms with E-state index in [1.54, 1.807) is 0 Å². The lowest BCUT2D eigenvalue weighted by Gasteiger charge is -2.63. The lowest BCUT2D eigenvalue weighted by molar-refractivity contribution is -0.191. The molecule has 0 saturated heterocycles. The molecular weight excluding hydrogens is 704 g/mol. The van der Waals surface area contributed by atoms with Gasteiger partial charge < -0.3 is 39.0 Å². The number of carbonyl (C=O) groups is 6. The molecule has 0 amide bonds. The highest BCUT2D eigenvalue weighted by molar-refractivity contribution is 6.09. The van der Waals surface area contributed by atoms with Crippen molar-refractivity contribution in [1.82, 2.24) is 0 Å². The minimum absolute atomic E-state index is 0.00479. The second-order valence-corrected chi connectivity index (χ2v) is 17.3. The Morgan fingerprint density at radius 3 is 2.39 bits per heavy atom. The van der Waals surface area contributed by atoms with E-state index in [2.05, 4.69) is 6.92 Å². The van der Waals surface area contributed by atoms with Gasteiger partial charge in [0.05, 0.1) is 25.0 Å². The van der Waals surface area contributed by atoms with Crippen molar-refractivity contribution in [2.75, 3.05) is 26.9 Å². The molecule has 13 unspecified atom stereocenters. The standard InChI is InChI=1S/C40H44O14/c1-15-6-7-51-36(48)24(41)12-27(42)52-13-19-21-11-25-37(3,22-10-23(22)39(25,49)14-53-33(15)45)26-9-18-17-8-20(17)38(4)29(18)30(40(21,26)54-35(19)47)28(31(43)32(38)44)16(2)34(46)50-5/h6,17,20,22-26,30,32,41,44,49H,7-14H2,1-5H3. The summed E-state index contributed by atoms with van der Waals surface area (Å²) in [6.07, 6.45) is -0.902. The van der Waals surface area contributed by atoms with Gasteiger partial charge >= 0.3 is 29.8 Å². The summed E-state index contributed by atoms with van der Waals surface area (Å²) in [5.74, 6) is -7.40. The number of aliphatic hydroxyl groups is 3. The van der Waals surface area contributed by atoms with E-state index in [0.29, 0.717) is 18.4 Å². The molecule has 1 spiro atoms. The lowest BCUT2D eigenvalue weighted by Crippen LogP contribution is -2.67. The van der Waals surface area contributed by atoms with E-state index in [1.807, 2.05) is 6.92 Å². The molecule has 0 aromatic rings. The van der Waals surface area contributed by atoms with E-state index in [1.165, 1.54) is 27.0 Å². The van der Waals surface area contributed by atoms with Crippen LogP contribution in [0.5, 0.6) is 0 Å². The molecule has 0 radical (unpaired) electrons. The summed E-state index contributed by atoms with van der Waals surface area (Å²) in [4.78, 5) is 81.0. The Bertz CT molecular complexity index is 2000. The number of esters is 5. The molecule has 7 aliphatic carbocycles. The van der Waals surface area contributed by atoms with Gasteiger partial charge in [-0.2, -0.15) is 0 Å². The van der Waals surface area contributed by atoms with Crippen molar-refractivity contribution in [3.05, 3.63) is 45.1 Å². The second kappa shape index (κ2) is 11.2. The van der Waals surface area contributed by atoms with Crippen LogP contribution in [0.3, 0.4) is 0 Å². The first kappa shape index (κ1) is 35.6. The summed E-state index contributed by atoms with van der Waals surface area (Å²) < 4.78 is 28.1. The molecule has 54 heavy (non-hydrogen) atoms. The van der Waals surface area contributed by atoms with Crippen LogP contribution in [-0.2, 0) is 52.5 Å². The Morgan fingerprint density at radius 2 is 1.67 bits per heavy atom. The van der Waals surface area contributed by atoms with Crippen molar-refractivity contribution in [3.63, 3.8) is 0 Å². The van der Waals surface area contributed by atoms with Crippen LogP contribution in [-0.4, -0.2) is 101 Å². The maximum absolute atomic E-state index is 14.6. The molecule has 5 saturated carbocycles. The molecule has 0 aromatic carbocycles. The molecule has 5 fully saturated rings. The fourth-order valence-corrected chi connectivity index (χ4v) is 12.7. The van der Waals surface area contributed by atoms with E-state index in [4.69, 9.17) is 23.7 Å². The number of ketones is 1. The average Bonchev–Trinajstić information content (AvgIpc) is 4.05. The molecule has 9 aliphatic rings. The highest BCUT2D eigenvalue weighted by Crippen LogP contribution is 2.83. The van der Waals surface area contributed by atoms with Crippen LogP contribution < -0.4 is 0 Å². The summed E-state index contributed by atoms with van der Waals surface area (Å²) >= 11 is 0. The van der Waals surface area contributed by atoms with Gasteiger partial charge in [-0.1, -0.05) is 19.4 Å². The maximum Gasteiger partial charge on any atom is 0.338 e. The van der Waals surface area contributed by atoms with Crippen molar-refractivity contribution >= 4 is 35.6 Å². The maximum atomic E-state index is 14.6. The predicted molar refractivity (Wildman–Crippen MR) is 180 cm³/mol. The predicted octanol–water partition coefficient (Wildman–Crippen LogP) is 1.35. The normalized spacial score (nSPS) is 47.1. The van der Waals surface area contributed by atoms with Crippen molar-refractivity contribution in [2.45, 2.75) is 83.2 Å². The number of cyclic esters (lactones) is 3. The van der Waals surface area contributed by atoms with Crippen molar-refractivity contribution < 1.29 is 67.8 Å². The van der Waals surface area contributed by atoms with Crippen LogP contribution in [0.1, 0.15) is 59.8 Å². The molecule has 3 N–H and O–H groups in total. The molecular formula is C40H44O14. The molecule has 2 bridgehead atoms. The quantitative estimate of drug-likeness (QED) is 0.150. The zero-order chi connectivity index (χ0) is 38.6. The third-order valence-electron chi connectivity index (χ3n) is 15.3. The largest absolute Gasteiger partial charge is 0.466 e. The van der Waals surface area contributed by atoms with E-state index in [-0.39, 0.29) is 65.6 Å². The average molecular weight is 749 g/mol. The van der Waals surface area contributed by atoms with Gasteiger partial charge in [0.2, 0.25) is 0 Å². The number of hydrogen-bond donors (Lipinski definition) is 3. The summed E-state index contributed by atoms with van der Waals surface area (Å²) in [6, 6.07) is 0. The number of methoxy groups -OCH3 is 1. The number of carbonyl (C=O) groups excluding carboxylic acids is 6. The van der Waals surface area contributed by atoms with Crippen LogP contribution in [0.4, 0.5) is 0 Å². The van der Waals surface area contributed by atoms with Crippen LogP contribution >= 0.6 is 0 Å². The van der Waals surface area contributed by atoms with Crippen molar-refractivity contribution in [2.24, 2.45) is 52.3 Å². The Balaban J connectivity index is 1.26. The number of rotatable bonds is 1. The van der Waals surface area contributed by atoms with Crippen LogP contribution in [0.25, 0.3) is 0 Å². The van der Waals surface area contributed by atoms with Gasteiger partial charge in [-0.3, -0.25) is 9.59 Å². The summed E-state index contributed by atoms with van der Waals surface area (Å²) in [5, 5.41) is 35.0. The molecule has 288 valence electrons. The third kappa shape index (κ3) is 4.22. The molecule has 14 heteroatoms. The highest BCUT2D eigenvalue weighted by Gasteiger charge is 2.84. The van der Waals surface area contributed by atoms with Crippen LogP contribution in [0, 0.1) is 52.3 Å². The van der Waals surface area contributed by atoms with Gasteiger partial charge in [0.1, 0.15) is 37.1 Å². The second-order valence-electron chi connectivity index (χ2n) is 17.3. The van der Waals surface area contributed by atoms with Crippen LogP contribution in [0.2, 0.25) is 0 Å². The minimum atomic E-state index is -1.89. The number of aliphatic hydroxyl groups excluding tert-OH is 2. The zero-order valence-corrected chi connectivity index (χ0v) is 30.8. The Morgan fingerprint density at radius 1 is 0.926 bits per heavy atom. The summed E-state index contributed by atoms with van der Waals surface area (Å²) in [7, 11) is 1.20. The van der Waals surface area contributed by atoms with Gasteiger partial charge in [0, 0.05) is 34.0 Å². The number of hydrogen-bond acceptors (Lipinski definition) is 14. The topological polar surface area (TPSA) is 209 Å². The third-order valence-corrected chi connectivity index (χ3v) is 15.3. The lowest BCUT2D eigenvalue weighted by atomic mass is 9.42. The monoisotopic (exact) mass is 748 g/mol. The van der Waals surface area contributed by atoms with Gasteiger partial charge in [0.15, 0.2) is 11.9 Å². The van der Waals surface area contributed by atoms with Gasteiger partial charge in [-0.25, -0.2) is 19.2 Å². The molecule has 0 aromatic heterocycles. The van der Waals surface area contributed by atoms with Gasteiger partial charge in [-0.05, 0) is 85.8 Å². The molecule has 9 rings (SSSR count). The Labute approximate surface area is 310 Å². The molecule has 13 atom stereocenters. The zero-order valence-electron chi connectivity index (χ0n) is 30.8. The number of fused-ring (bicyclic) bond motifs is 7. The molecule has 2 heterocycles. The van der Waals surface area contributed by atoms with E-state index < -0.39 is 101 Å². The van der Waals surface area contributed by atoms with Crippen LogP contribution in [0.15, 0.2) is 45.1 Å². The smallest absolute Gasteiger partial charge is 0.338 e. The molecule has 2 aliphatic heterocycles. The summed E-state index contributed by atoms with van der Waals surface area (Å²) in [6.45, 7) is 5.59. The fourth-order valence-electron chi connectivity index (χ4n) is 12.7. The minimum Gasteiger partial charge on any atom is -0.466 e. The van der Waals surface area contributed by atoms with Crippen molar-refractivity contribution in [1.29, 1.82) is 0 Å².